The second-order valence-corrected chi connectivity index (χ2v) is 2.48. The minimum Gasteiger partial charge on any atom is -0.481 e. The molecule has 0 radical (unpaired) electrons. The molecule has 2 atom stereocenters. The Bertz CT molecular complexity index is 129. The summed E-state index contributed by atoms with van der Waals surface area (Å²) in [7, 11) is 0. The quantitative estimate of drug-likeness (QED) is 0.595. The lowest BCUT2D eigenvalue weighted by atomic mass is 10.0. The highest BCUT2D eigenvalue weighted by atomic mass is 35.5. The third-order valence-corrected chi connectivity index (χ3v) is 1.84. The van der Waals surface area contributed by atoms with Crippen LogP contribution in [0.1, 0.15) is 13.3 Å². The average Bonchev–Trinajstić information content (AvgIpc) is 2.13. The number of halogens is 1. The van der Waals surface area contributed by atoms with E-state index < -0.39 is 5.97 Å². The maximum Gasteiger partial charge on any atom is 0.308 e. The molecule has 0 amide bonds. The first-order valence-electron chi connectivity index (χ1n) is 3.18. The number of rotatable bonds is 1. The van der Waals surface area contributed by atoms with Crippen molar-refractivity contribution in [3.8, 4) is 0 Å². The van der Waals surface area contributed by atoms with Crippen LogP contribution in [0.15, 0.2) is 0 Å². The Morgan fingerprint density at radius 1 is 1.70 bits per heavy atom. The van der Waals surface area contributed by atoms with Crippen molar-refractivity contribution in [2.75, 3.05) is 6.54 Å². The number of carbonyl (C=O) groups is 1. The highest BCUT2D eigenvalue weighted by molar-refractivity contribution is 5.85. The van der Waals surface area contributed by atoms with Crippen LogP contribution in [0.5, 0.6) is 0 Å². The summed E-state index contributed by atoms with van der Waals surface area (Å²) in [6, 6.07) is 0.155. The fraction of sp³-hybridized carbons (Fsp3) is 0.833. The second-order valence-electron chi connectivity index (χ2n) is 2.48. The monoisotopic (exact) mass is 165 g/mol. The largest absolute Gasteiger partial charge is 0.481 e. The van der Waals surface area contributed by atoms with E-state index in [1.807, 2.05) is 6.92 Å². The van der Waals surface area contributed by atoms with Gasteiger partial charge in [-0.3, -0.25) is 4.79 Å². The van der Waals surface area contributed by atoms with E-state index in [4.69, 9.17) is 5.11 Å². The molecule has 0 unspecified atom stereocenters. The maximum atomic E-state index is 10.4. The molecule has 0 aliphatic carbocycles. The summed E-state index contributed by atoms with van der Waals surface area (Å²) in [5.74, 6) is -0.836. The van der Waals surface area contributed by atoms with E-state index in [0.717, 1.165) is 13.0 Å². The Morgan fingerprint density at radius 3 is 2.50 bits per heavy atom. The molecular weight excluding hydrogens is 154 g/mol. The first-order chi connectivity index (χ1) is 4.22. The molecule has 0 saturated carbocycles. The van der Waals surface area contributed by atoms with Crippen molar-refractivity contribution in [2.24, 2.45) is 5.92 Å². The highest BCUT2D eigenvalue weighted by Crippen LogP contribution is 2.14. The molecule has 10 heavy (non-hydrogen) atoms. The van der Waals surface area contributed by atoms with Gasteiger partial charge in [-0.1, -0.05) is 0 Å². The van der Waals surface area contributed by atoms with E-state index in [2.05, 4.69) is 5.32 Å². The lowest BCUT2D eigenvalue weighted by Gasteiger charge is -2.07. The molecule has 0 spiro atoms. The molecule has 0 aromatic heterocycles. The fourth-order valence-electron chi connectivity index (χ4n) is 1.20. The van der Waals surface area contributed by atoms with Gasteiger partial charge in [-0.15, -0.1) is 12.4 Å². The zero-order valence-electron chi connectivity index (χ0n) is 5.83. The van der Waals surface area contributed by atoms with Gasteiger partial charge in [0.1, 0.15) is 0 Å². The SMILES string of the molecule is C[C@H]1NCC[C@H]1C(=O)O.Cl. The molecule has 3 nitrogen and oxygen atoms in total. The van der Waals surface area contributed by atoms with Gasteiger partial charge in [-0.2, -0.15) is 0 Å². The van der Waals surface area contributed by atoms with Crippen molar-refractivity contribution in [2.45, 2.75) is 19.4 Å². The van der Waals surface area contributed by atoms with Gasteiger partial charge in [-0.05, 0) is 19.9 Å². The molecule has 1 fully saturated rings. The molecular formula is C6H12ClNO2. The van der Waals surface area contributed by atoms with Gasteiger partial charge in [0, 0.05) is 6.04 Å². The van der Waals surface area contributed by atoms with Gasteiger partial charge in [0.2, 0.25) is 0 Å². The topological polar surface area (TPSA) is 49.3 Å². The second kappa shape index (κ2) is 3.78. The van der Waals surface area contributed by atoms with E-state index in [-0.39, 0.29) is 24.4 Å². The molecule has 2 N–H and O–H groups in total. The Hall–Kier alpha value is -0.280. The third kappa shape index (κ3) is 1.85. The molecule has 60 valence electrons. The first kappa shape index (κ1) is 9.72. The van der Waals surface area contributed by atoms with E-state index in [9.17, 15) is 4.79 Å². The molecule has 1 aliphatic heterocycles. The van der Waals surface area contributed by atoms with Crippen LogP contribution in [0.3, 0.4) is 0 Å². The van der Waals surface area contributed by atoms with Crippen LogP contribution in [-0.4, -0.2) is 23.7 Å². The minimum absolute atomic E-state index is 0. The number of hydrogen-bond donors (Lipinski definition) is 2. The van der Waals surface area contributed by atoms with Crippen LogP contribution in [-0.2, 0) is 4.79 Å². The molecule has 1 heterocycles. The van der Waals surface area contributed by atoms with Crippen molar-refractivity contribution < 1.29 is 9.90 Å². The smallest absolute Gasteiger partial charge is 0.308 e. The zero-order chi connectivity index (χ0) is 6.85. The van der Waals surface area contributed by atoms with Gasteiger partial charge >= 0.3 is 5.97 Å². The minimum atomic E-state index is -0.674. The van der Waals surface area contributed by atoms with Crippen LogP contribution < -0.4 is 5.32 Å². The Labute approximate surface area is 66.2 Å². The summed E-state index contributed by atoms with van der Waals surface area (Å²) in [6.07, 6.45) is 0.774. The predicted molar refractivity (Wildman–Crippen MR) is 40.5 cm³/mol. The van der Waals surface area contributed by atoms with Crippen LogP contribution >= 0.6 is 12.4 Å². The zero-order valence-corrected chi connectivity index (χ0v) is 6.65. The Kier molecular flexibility index (Phi) is 3.68. The van der Waals surface area contributed by atoms with E-state index in [0.29, 0.717) is 0 Å². The lowest BCUT2D eigenvalue weighted by Crippen LogP contribution is -2.27. The molecule has 1 rings (SSSR count). The summed E-state index contributed by atoms with van der Waals surface area (Å²) in [5.41, 5.74) is 0. The molecule has 1 aliphatic rings. The van der Waals surface area contributed by atoms with Crippen LogP contribution in [0, 0.1) is 5.92 Å². The number of nitrogens with one attached hydrogen (secondary N) is 1. The molecule has 0 bridgehead atoms. The fourth-order valence-corrected chi connectivity index (χ4v) is 1.20. The van der Waals surface area contributed by atoms with Crippen molar-refractivity contribution in [1.82, 2.24) is 5.32 Å². The van der Waals surface area contributed by atoms with E-state index >= 15 is 0 Å². The summed E-state index contributed by atoms with van der Waals surface area (Å²) in [5, 5.41) is 11.6. The van der Waals surface area contributed by atoms with Gasteiger partial charge in [-0.25, -0.2) is 0 Å². The first-order valence-corrected chi connectivity index (χ1v) is 3.18. The lowest BCUT2D eigenvalue weighted by molar-refractivity contribution is -0.141. The maximum absolute atomic E-state index is 10.4. The standard InChI is InChI=1S/C6H11NO2.ClH/c1-4-5(6(8)9)2-3-7-4;/h4-5,7H,2-3H2,1H3,(H,8,9);1H/t4-,5-;/m1./s1. The van der Waals surface area contributed by atoms with Gasteiger partial charge < -0.3 is 10.4 Å². The normalized spacial score (nSPS) is 31.3. The molecule has 0 aromatic carbocycles. The highest BCUT2D eigenvalue weighted by Gasteiger charge is 2.28. The number of aliphatic carboxylic acids is 1. The number of carboxylic acids is 1. The summed E-state index contributed by atoms with van der Waals surface area (Å²) >= 11 is 0. The Morgan fingerprint density at radius 2 is 2.30 bits per heavy atom. The van der Waals surface area contributed by atoms with Gasteiger partial charge in [0.15, 0.2) is 0 Å². The van der Waals surface area contributed by atoms with E-state index in [1.54, 1.807) is 0 Å². The summed E-state index contributed by atoms with van der Waals surface area (Å²) in [4.78, 5) is 10.4. The van der Waals surface area contributed by atoms with Crippen molar-refractivity contribution in [3.05, 3.63) is 0 Å². The molecule has 4 heteroatoms. The van der Waals surface area contributed by atoms with Crippen LogP contribution in [0.4, 0.5) is 0 Å². The summed E-state index contributed by atoms with van der Waals surface area (Å²) in [6.45, 7) is 2.75. The molecule has 1 saturated heterocycles. The van der Waals surface area contributed by atoms with E-state index in [1.165, 1.54) is 0 Å². The predicted octanol–water partition coefficient (Wildman–Crippen LogP) is 0.491. The van der Waals surface area contributed by atoms with Crippen LogP contribution in [0.2, 0.25) is 0 Å². The molecule has 0 aromatic rings. The third-order valence-electron chi connectivity index (χ3n) is 1.84. The van der Waals surface area contributed by atoms with Crippen molar-refractivity contribution >= 4 is 18.4 Å². The summed E-state index contributed by atoms with van der Waals surface area (Å²) < 4.78 is 0. The Balaban J connectivity index is 0.000000810. The van der Waals surface area contributed by atoms with Crippen molar-refractivity contribution in [1.29, 1.82) is 0 Å². The average molecular weight is 166 g/mol. The number of carboxylic acid groups (broad SMARTS) is 1. The number of hydrogen-bond acceptors (Lipinski definition) is 2. The van der Waals surface area contributed by atoms with Crippen LogP contribution in [0.25, 0.3) is 0 Å². The van der Waals surface area contributed by atoms with Gasteiger partial charge in [0.05, 0.1) is 5.92 Å². The van der Waals surface area contributed by atoms with Crippen molar-refractivity contribution in [3.63, 3.8) is 0 Å². The van der Waals surface area contributed by atoms with Gasteiger partial charge in [0.25, 0.3) is 0 Å².